The summed E-state index contributed by atoms with van der Waals surface area (Å²) < 4.78 is 17.7. The zero-order valence-electron chi connectivity index (χ0n) is 27.2. The van der Waals surface area contributed by atoms with Crippen LogP contribution in [0.1, 0.15) is 73.5 Å². The van der Waals surface area contributed by atoms with Crippen LogP contribution >= 0.6 is 0 Å². The lowest BCUT2D eigenvalue weighted by Crippen LogP contribution is -2.42. The molecule has 9 heteroatoms. The molecule has 2 heterocycles. The Labute approximate surface area is 276 Å². The summed E-state index contributed by atoms with van der Waals surface area (Å²) in [6.07, 6.45) is 3.12. The molecule has 47 heavy (non-hydrogen) atoms. The van der Waals surface area contributed by atoms with Gasteiger partial charge in [0, 0.05) is 35.0 Å². The second-order valence-electron chi connectivity index (χ2n) is 13.1. The second-order valence-corrected chi connectivity index (χ2v) is 13.1. The van der Waals surface area contributed by atoms with E-state index in [1.165, 1.54) is 0 Å². The Hall–Kier alpha value is -5.05. The van der Waals surface area contributed by atoms with Crippen molar-refractivity contribution in [2.75, 3.05) is 10.2 Å². The number of fused-ring (bicyclic) bond motifs is 1. The molecule has 2 N–H and O–H groups in total. The maximum absolute atomic E-state index is 13.8. The highest BCUT2D eigenvalue weighted by molar-refractivity contribution is 6.11. The van der Waals surface area contributed by atoms with Gasteiger partial charge in [0.05, 0.1) is 6.54 Å². The van der Waals surface area contributed by atoms with Crippen LogP contribution in [0.4, 0.5) is 16.2 Å². The van der Waals surface area contributed by atoms with Gasteiger partial charge in [-0.2, -0.15) is 4.98 Å². The first kappa shape index (κ1) is 31.9. The van der Waals surface area contributed by atoms with Gasteiger partial charge in [-0.05, 0) is 75.8 Å². The van der Waals surface area contributed by atoms with Crippen LogP contribution in [0.2, 0.25) is 0 Å². The minimum absolute atomic E-state index is 0.0860. The molecule has 6 rings (SSSR count). The van der Waals surface area contributed by atoms with E-state index in [-0.39, 0.29) is 24.1 Å². The number of nitrogens with zero attached hydrogens (tertiary/aromatic N) is 2. The Morgan fingerprint density at radius 3 is 2.11 bits per heavy atom. The number of carbonyl (C=O) groups is 2. The molecule has 0 spiro atoms. The van der Waals surface area contributed by atoms with Gasteiger partial charge in [0.1, 0.15) is 24.5 Å². The van der Waals surface area contributed by atoms with E-state index in [1.807, 2.05) is 106 Å². The number of benzene rings is 3. The van der Waals surface area contributed by atoms with Crippen molar-refractivity contribution in [1.29, 1.82) is 0 Å². The first-order chi connectivity index (χ1) is 22.7. The Kier molecular flexibility index (Phi) is 9.61. The molecule has 1 aromatic heterocycles. The fourth-order valence-electron chi connectivity index (χ4n) is 6.00. The van der Waals surface area contributed by atoms with Crippen molar-refractivity contribution in [3.8, 4) is 11.8 Å². The molecule has 0 saturated heterocycles. The molecule has 0 radical (unpaired) electrons. The summed E-state index contributed by atoms with van der Waals surface area (Å²) in [4.78, 5) is 32.5. The molecule has 3 aromatic carbocycles. The molecule has 0 bridgehead atoms. The number of alkyl carbamates (subject to hydrolysis) is 1. The molecule has 1 aliphatic heterocycles. The van der Waals surface area contributed by atoms with E-state index in [1.54, 1.807) is 11.0 Å². The van der Waals surface area contributed by atoms with Crippen LogP contribution in [0.5, 0.6) is 11.8 Å². The van der Waals surface area contributed by atoms with Crippen LogP contribution in [-0.4, -0.2) is 34.7 Å². The highest BCUT2D eigenvalue weighted by Gasteiger charge is 2.34. The number of amides is 2. The Balaban J connectivity index is 1.15. The summed E-state index contributed by atoms with van der Waals surface area (Å²) in [5, 5.41) is 6.71. The van der Waals surface area contributed by atoms with E-state index in [0.29, 0.717) is 42.8 Å². The van der Waals surface area contributed by atoms with Crippen LogP contribution in [-0.2, 0) is 24.5 Å². The monoisotopic (exact) mass is 634 g/mol. The lowest BCUT2D eigenvalue weighted by atomic mass is 9.91. The molecule has 1 saturated carbocycles. The first-order valence-electron chi connectivity index (χ1n) is 16.3. The van der Waals surface area contributed by atoms with Gasteiger partial charge in [0.25, 0.3) is 5.91 Å². The van der Waals surface area contributed by atoms with Crippen molar-refractivity contribution >= 4 is 23.4 Å². The van der Waals surface area contributed by atoms with E-state index in [0.717, 1.165) is 48.1 Å². The summed E-state index contributed by atoms with van der Waals surface area (Å²) in [5.41, 5.74) is 4.65. The summed E-state index contributed by atoms with van der Waals surface area (Å²) >= 11 is 0. The van der Waals surface area contributed by atoms with Gasteiger partial charge in [0.2, 0.25) is 11.8 Å². The van der Waals surface area contributed by atoms with E-state index in [9.17, 15) is 9.59 Å². The van der Waals surface area contributed by atoms with Crippen LogP contribution in [0, 0.1) is 0 Å². The van der Waals surface area contributed by atoms with Crippen LogP contribution in [0.15, 0.2) is 91.0 Å². The number of hydrogen-bond acceptors (Lipinski definition) is 7. The Bertz CT molecular complexity index is 1680. The summed E-state index contributed by atoms with van der Waals surface area (Å²) in [7, 11) is 0. The van der Waals surface area contributed by atoms with Gasteiger partial charge >= 0.3 is 6.09 Å². The van der Waals surface area contributed by atoms with E-state index >= 15 is 0 Å². The summed E-state index contributed by atoms with van der Waals surface area (Å²) in [5.74, 6) is 0.660. The zero-order valence-corrected chi connectivity index (χ0v) is 27.2. The third kappa shape index (κ3) is 8.22. The third-order valence-corrected chi connectivity index (χ3v) is 8.33. The minimum atomic E-state index is -0.523. The highest BCUT2D eigenvalue weighted by Crippen LogP contribution is 2.38. The summed E-state index contributed by atoms with van der Waals surface area (Å²) in [6, 6.07) is 29.6. The molecule has 9 nitrogen and oxygen atoms in total. The second kappa shape index (κ2) is 14.2. The maximum Gasteiger partial charge on any atom is 0.407 e. The number of rotatable bonds is 10. The van der Waals surface area contributed by atoms with E-state index in [2.05, 4.69) is 10.6 Å². The highest BCUT2D eigenvalue weighted by atomic mass is 16.6. The van der Waals surface area contributed by atoms with Gasteiger partial charge in [-0.15, -0.1) is 0 Å². The van der Waals surface area contributed by atoms with Gasteiger partial charge in [0.15, 0.2) is 0 Å². The van der Waals surface area contributed by atoms with Crippen molar-refractivity contribution in [3.05, 3.63) is 113 Å². The molecule has 2 aliphatic rings. The van der Waals surface area contributed by atoms with Gasteiger partial charge < -0.3 is 24.8 Å². The van der Waals surface area contributed by atoms with Crippen molar-refractivity contribution in [2.24, 2.45) is 0 Å². The number of carbonyl (C=O) groups excluding carboxylic acids is 2. The topological polar surface area (TPSA) is 102 Å². The smallest absolute Gasteiger partial charge is 0.407 e. The molecule has 1 aliphatic carbocycles. The molecule has 0 atom stereocenters. The number of nitrogens with one attached hydrogen (secondary N) is 2. The molecule has 244 valence electrons. The maximum atomic E-state index is 13.8. The van der Waals surface area contributed by atoms with Crippen LogP contribution in [0.25, 0.3) is 0 Å². The predicted octanol–water partition coefficient (Wildman–Crippen LogP) is 7.65. The lowest BCUT2D eigenvalue weighted by Gasteiger charge is -2.31. The van der Waals surface area contributed by atoms with Crippen LogP contribution < -0.4 is 25.0 Å². The predicted molar refractivity (Wildman–Crippen MR) is 182 cm³/mol. The summed E-state index contributed by atoms with van der Waals surface area (Å²) in [6.45, 7) is 6.65. The fraction of sp³-hybridized carbons (Fsp3) is 0.342. The normalized spacial score (nSPS) is 17.5. The Morgan fingerprint density at radius 1 is 0.809 bits per heavy atom. The third-order valence-electron chi connectivity index (χ3n) is 8.33. The number of pyridine rings is 1. The zero-order chi connectivity index (χ0) is 32.8. The first-order valence-corrected chi connectivity index (χ1v) is 16.3. The van der Waals surface area contributed by atoms with Gasteiger partial charge in [-0.3, -0.25) is 9.69 Å². The number of anilines is 2. The molecule has 1 fully saturated rings. The van der Waals surface area contributed by atoms with Crippen molar-refractivity contribution in [1.82, 2.24) is 10.3 Å². The number of hydrogen-bond donors (Lipinski definition) is 2. The largest absolute Gasteiger partial charge is 0.473 e. The minimum Gasteiger partial charge on any atom is -0.473 e. The molecular formula is C38H42N4O5. The average molecular weight is 635 g/mol. The SMILES string of the molecule is CC(C)(C)OC(=O)NC1CCC(Nc2cccc3c2CN(c2ccc(OCc4ccccc4)nc2OCc2ccccc2)C3=O)CC1. The lowest BCUT2D eigenvalue weighted by molar-refractivity contribution is 0.0492. The number of ether oxygens (including phenoxy) is 3. The van der Waals surface area contributed by atoms with Crippen molar-refractivity contribution < 1.29 is 23.8 Å². The van der Waals surface area contributed by atoms with E-state index < -0.39 is 5.60 Å². The van der Waals surface area contributed by atoms with Crippen molar-refractivity contribution in [2.45, 2.75) is 83.9 Å². The van der Waals surface area contributed by atoms with Crippen molar-refractivity contribution in [3.63, 3.8) is 0 Å². The van der Waals surface area contributed by atoms with Gasteiger partial charge in [-0.25, -0.2) is 4.79 Å². The molecule has 2 amide bonds. The number of aromatic nitrogens is 1. The molecule has 0 unspecified atom stereocenters. The molecule has 4 aromatic rings. The average Bonchev–Trinajstić information content (AvgIpc) is 3.40. The quantitative estimate of drug-likeness (QED) is 0.185. The van der Waals surface area contributed by atoms with Crippen LogP contribution in [0.3, 0.4) is 0 Å². The standard InChI is InChI=1S/C38H42N4O5/c1-38(2,3)47-37(44)40-29-19-17-28(18-20-29)39-32-16-10-15-30-31(32)23-42(36(30)43)33-21-22-34(45-24-26-11-6-4-7-12-26)41-35(33)46-25-27-13-8-5-9-14-27/h4-16,21-22,28-29,39H,17-20,23-25H2,1-3H3,(H,40,44). The Morgan fingerprint density at radius 2 is 1.45 bits per heavy atom. The fourth-order valence-corrected chi connectivity index (χ4v) is 6.00. The van der Waals surface area contributed by atoms with Gasteiger partial charge in [-0.1, -0.05) is 66.7 Å². The molecular weight excluding hydrogens is 592 g/mol. The van der Waals surface area contributed by atoms with E-state index in [4.69, 9.17) is 19.2 Å².